The summed E-state index contributed by atoms with van der Waals surface area (Å²) in [5, 5.41) is 0. The zero-order valence-electron chi connectivity index (χ0n) is 2.65. The van der Waals surface area contributed by atoms with Crippen LogP contribution in [0.5, 0.6) is 0 Å². The zero-order chi connectivity index (χ0) is 3.41. The van der Waals surface area contributed by atoms with Crippen molar-refractivity contribution >= 4 is 9.76 Å². The molecule has 0 atom stereocenters. The predicted molar refractivity (Wildman–Crippen MR) is 18.5 cm³/mol. The van der Waals surface area contributed by atoms with Gasteiger partial charge >= 0.3 is 0 Å². The lowest BCUT2D eigenvalue weighted by molar-refractivity contribution is 0.602. The first-order valence-electron chi connectivity index (χ1n) is 1.28. The molecule has 0 aliphatic heterocycles. The molecule has 24 valence electrons. The van der Waals surface area contributed by atoms with Crippen LogP contribution in [0.15, 0.2) is 0 Å². The Morgan fingerprint density at radius 2 is 2.25 bits per heavy atom. The second-order valence-electron chi connectivity index (χ2n) is 0.512. The number of hydrogen-bond donors (Lipinski definition) is 1. The molecule has 0 aromatic rings. The van der Waals surface area contributed by atoms with Crippen molar-refractivity contribution in [3.63, 3.8) is 0 Å². The third kappa shape index (κ3) is 2.18. The maximum atomic E-state index is 7.90. The smallest absolute Gasteiger partial charge is 0.224 e. The SMILES string of the molecule is CC[Si]O. The van der Waals surface area contributed by atoms with Gasteiger partial charge in [-0.2, -0.15) is 0 Å². The molecule has 0 heterocycles. The van der Waals surface area contributed by atoms with Crippen molar-refractivity contribution in [1.82, 2.24) is 0 Å². The molecule has 0 saturated heterocycles. The van der Waals surface area contributed by atoms with E-state index in [1.54, 1.807) is 0 Å². The summed E-state index contributed by atoms with van der Waals surface area (Å²) in [7, 11) is 0.140. The van der Waals surface area contributed by atoms with Gasteiger partial charge in [-0.05, 0) is 6.04 Å². The van der Waals surface area contributed by atoms with Crippen molar-refractivity contribution in [2.75, 3.05) is 0 Å². The van der Waals surface area contributed by atoms with Crippen LogP contribution in [0.25, 0.3) is 0 Å². The zero-order valence-corrected chi connectivity index (χ0v) is 3.65. The molecule has 4 heavy (non-hydrogen) atoms. The third-order valence-electron chi connectivity index (χ3n) is 0.158. The topological polar surface area (TPSA) is 20.2 Å². The summed E-state index contributed by atoms with van der Waals surface area (Å²) in [5.74, 6) is 0. The molecule has 0 bridgehead atoms. The van der Waals surface area contributed by atoms with E-state index in [0.29, 0.717) is 0 Å². The monoisotopic (exact) mass is 74.0 g/mol. The minimum atomic E-state index is 0.140. The second-order valence-corrected chi connectivity index (χ2v) is 1.54. The van der Waals surface area contributed by atoms with Gasteiger partial charge in [0.2, 0.25) is 9.76 Å². The highest BCUT2D eigenvalue weighted by molar-refractivity contribution is 6.24. The summed E-state index contributed by atoms with van der Waals surface area (Å²) in [4.78, 5) is 7.90. The van der Waals surface area contributed by atoms with Gasteiger partial charge in [-0.25, -0.2) is 0 Å². The standard InChI is InChI=1S/C2H6OSi/c1-2-4-3/h3H,2H2,1H3. The van der Waals surface area contributed by atoms with Crippen molar-refractivity contribution in [1.29, 1.82) is 0 Å². The fourth-order valence-electron chi connectivity index (χ4n) is 0. The Morgan fingerprint density at radius 1 is 2.00 bits per heavy atom. The summed E-state index contributed by atoms with van der Waals surface area (Å²) in [6.45, 7) is 1.94. The molecule has 1 nitrogen and oxygen atoms in total. The molecule has 0 saturated carbocycles. The van der Waals surface area contributed by atoms with Crippen LogP contribution in [0.4, 0.5) is 0 Å². The van der Waals surface area contributed by atoms with Gasteiger partial charge in [-0.15, -0.1) is 0 Å². The first-order valence-corrected chi connectivity index (χ1v) is 2.44. The minimum Gasteiger partial charge on any atom is -0.432 e. The Labute approximate surface area is 28.6 Å². The van der Waals surface area contributed by atoms with Crippen LogP contribution in [0.1, 0.15) is 6.92 Å². The fourth-order valence-corrected chi connectivity index (χ4v) is 0. The Bertz CT molecular complexity index is 8.00. The van der Waals surface area contributed by atoms with Crippen LogP contribution in [0.3, 0.4) is 0 Å². The van der Waals surface area contributed by atoms with Gasteiger partial charge in [0.25, 0.3) is 0 Å². The van der Waals surface area contributed by atoms with E-state index in [-0.39, 0.29) is 9.76 Å². The van der Waals surface area contributed by atoms with Crippen molar-refractivity contribution in [3.05, 3.63) is 0 Å². The van der Waals surface area contributed by atoms with Gasteiger partial charge in [-0.1, -0.05) is 6.92 Å². The molecular weight excluding hydrogens is 68.1 g/mol. The molecule has 0 rings (SSSR count). The largest absolute Gasteiger partial charge is 0.432 e. The van der Waals surface area contributed by atoms with E-state index in [2.05, 4.69) is 0 Å². The van der Waals surface area contributed by atoms with E-state index in [0.717, 1.165) is 6.04 Å². The number of hydrogen-bond acceptors (Lipinski definition) is 1. The van der Waals surface area contributed by atoms with Crippen LogP contribution in [-0.2, 0) is 0 Å². The summed E-state index contributed by atoms with van der Waals surface area (Å²) in [6.07, 6.45) is 0. The van der Waals surface area contributed by atoms with Crippen molar-refractivity contribution < 1.29 is 4.80 Å². The Balaban J connectivity index is 1.97. The minimum absolute atomic E-state index is 0.140. The molecule has 0 spiro atoms. The van der Waals surface area contributed by atoms with E-state index in [9.17, 15) is 0 Å². The Hall–Kier alpha value is 0.177. The highest BCUT2D eigenvalue weighted by Gasteiger charge is 1.63. The number of rotatable bonds is 1. The van der Waals surface area contributed by atoms with Crippen molar-refractivity contribution in [3.8, 4) is 0 Å². The van der Waals surface area contributed by atoms with E-state index in [1.807, 2.05) is 6.92 Å². The summed E-state index contributed by atoms with van der Waals surface area (Å²) < 4.78 is 0. The van der Waals surface area contributed by atoms with E-state index in [4.69, 9.17) is 4.80 Å². The highest BCUT2D eigenvalue weighted by Crippen LogP contribution is 1.60. The lowest BCUT2D eigenvalue weighted by Crippen LogP contribution is -1.75. The average molecular weight is 74.2 g/mol. The molecule has 2 heteroatoms. The normalized spacial score (nSPS) is 7.50. The summed E-state index contributed by atoms with van der Waals surface area (Å²) >= 11 is 0. The lowest BCUT2D eigenvalue weighted by atomic mass is 11.0. The predicted octanol–water partition coefficient (Wildman–Crippen LogP) is 0.0361. The van der Waals surface area contributed by atoms with Crippen molar-refractivity contribution in [2.24, 2.45) is 0 Å². The highest BCUT2D eigenvalue weighted by atomic mass is 28.2. The van der Waals surface area contributed by atoms with Gasteiger partial charge < -0.3 is 4.80 Å². The molecule has 2 radical (unpaired) electrons. The molecule has 0 fully saturated rings. The van der Waals surface area contributed by atoms with Crippen LogP contribution >= 0.6 is 0 Å². The third-order valence-corrected chi connectivity index (χ3v) is 0.474. The Kier molecular flexibility index (Phi) is 3.32. The first-order chi connectivity index (χ1) is 1.91. The van der Waals surface area contributed by atoms with E-state index < -0.39 is 0 Å². The van der Waals surface area contributed by atoms with Crippen LogP contribution in [-0.4, -0.2) is 14.6 Å². The van der Waals surface area contributed by atoms with Gasteiger partial charge in [-0.3, -0.25) is 0 Å². The average Bonchev–Trinajstić information content (AvgIpc) is 1.37. The van der Waals surface area contributed by atoms with Crippen LogP contribution < -0.4 is 0 Å². The molecule has 0 amide bonds. The summed E-state index contributed by atoms with van der Waals surface area (Å²) in [5.41, 5.74) is 0. The van der Waals surface area contributed by atoms with Crippen LogP contribution in [0.2, 0.25) is 6.04 Å². The van der Waals surface area contributed by atoms with Gasteiger partial charge in [0.15, 0.2) is 0 Å². The van der Waals surface area contributed by atoms with Crippen molar-refractivity contribution in [2.45, 2.75) is 13.0 Å². The molecule has 0 aliphatic rings. The molecule has 0 aromatic heterocycles. The second kappa shape index (κ2) is 3.18. The quantitative estimate of drug-likeness (QED) is 0.435. The van der Waals surface area contributed by atoms with E-state index in [1.165, 1.54) is 0 Å². The lowest BCUT2D eigenvalue weighted by Gasteiger charge is -1.64. The van der Waals surface area contributed by atoms with Gasteiger partial charge in [0.1, 0.15) is 0 Å². The molecule has 0 aromatic carbocycles. The van der Waals surface area contributed by atoms with Gasteiger partial charge in [0.05, 0.1) is 0 Å². The molecule has 0 unspecified atom stereocenters. The van der Waals surface area contributed by atoms with Gasteiger partial charge in [0, 0.05) is 0 Å². The molecule has 0 aliphatic carbocycles. The summed E-state index contributed by atoms with van der Waals surface area (Å²) in [6, 6.07) is 0.903. The molecule has 1 N–H and O–H groups in total. The maximum Gasteiger partial charge on any atom is 0.224 e. The molecular formula is C2H6OSi. The Morgan fingerprint density at radius 3 is 2.25 bits per heavy atom. The van der Waals surface area contributed by atoms with E-state index >= 15 is 0 Å². The van der Waals surface area contributed by atoms with Crippen LogP contribution in [0, 0.1) is 0 Å². The fraction of sp³-hybridized carbons (Fsp3) is 1.00. The maximum absolute atomic E-state index is 7.90. The first kappa shape index (κ1) is 4.18.